The fraction of sp³-hybridized carbons (Fsp3) is 0.316. The molecule has 0 saturated carbocycles. The highest BCUT2D eigenvalue weighted by molar-refractivity contribution is 7.91. The van der Waals surface area contributed by atoms with Crippen LogP contribution in [0.5, 0.6) is 0 Å². The Hall–Kier alpha value is -2.70. The van der Waals surface area contributed by atoms with Crippen LogP contribution in [0.3, 0.4) is 0 Å². The summed E-state index contributed by atoms with van der Waals surface area (Å²) in [4.78, 5) is 16.7. The number of hydrogen-bond acceptors (Lipinski definition) is 7. The third-order valence-electron chi connectivity index (χ3n) is 4.90. The van der Waals surface area contributed by atoms with Crippen LogP contribution in [0.25, 0.3) is 11.4 Å². The number of carbonyl (C=O) groups excluding carboxylic acids is 1. The highest BCUT2D eigenvalue weighted by atomic mass is 32.2. The Balaban J connectivity index is 1.47. The van der Waals surface area contributed by atoms with Crippen LogP contribution >= 0.6 is 11.3 Å². The highest BCUT2D eigenvalue weighted by Crippen LogP contribution is 2.31. The molecule has 164 valence electrons. The summed E-state index contributed by atoms with van der Waals surface area (Å²) in [6.45, 7) is 1.91. The Kier molecular flexibility index (Phi) is 5.86. The number of anilines is 1. The van der Waals surface area contributed by atoms with Crippen molar-refractivity contribution in [3.05, 3.63) is 47.2 Å². The van der Waals surface area contributed by atoms with Gasteiger partial charge in [0.05, 0.1) is 5.92 Å². The van der Waals surface area contributed by atoms with Crippen LogP contribution in [0.15, 0.2) is 38.4 Å². The maximum atomic E-state index is 13.4. The SMILES string of the molecule is Cc1nc(-c2csc(S(=O)(=O)N3CCC[C@@H](C(=O)Nc4ccc(F)c(F)c4)C3)c2)no1. The molecule has 12 heteroatoms. The molecule has 1 amide bonds. The van der Waals surface area contributed by atoms with Crippen molar-refractivity contribution >= 4 is 33.0 Å². The molecular formula is C19H18F2N4O4S2. The van der Waals surface area contributed by atoms with E-state index in [9.17, 15) is 22.0 Å². The van der Waals surface area contributed by atoms with Crippen molar-refractivity contribution in [3.8, 4) is 11.4 Å². The minimum atomic E-state index is -3.82. The molecule has 4 rings (SSSR count). The van der Waals surface area contributed by atoms with Crippen molar-refractivity contribution in [2.75, 3.05) is 18.4 Å². The predicted molar refractivity (Wildman–Crippen MR) is 109 cm³/mol. The molecule has 1 aliphatic rings. The number of nitrogens with one attached hydrogen (secondary N) is 1. The zero-order chi connectivity index (χ0) is 22.2. The molecule has 2 aromatic heterocycles. The normalized spacial score (nSPS) is 17.6. The molecular weight excluding hydrogens is 450 g/mol. The Bertz CT molecular complexity index is 1230. The number of amides is 1. The second-order valence-corrected chi connectivity index (χ2v) is 10.2. The molecule has 1 atom stereocenters. The van der Waals surface area contributed by atoms with Crippen molar-refractivity contribution < 1.29 is 26.5 Å². The van der Waals surface area contributed by atoms with Gasteiger partial charge in [-0.15, -0.1) is 11.3 Å². The van der Waals surface area contributed by atoms with E-state index < -0.39 is 33.5 Å². The number of hydrogen-bond donors (Lipinski definition) is 1. The van der Waals surface area contributed by atoms with Gasteiger partial charge in [-0.3, -0.25) is 4.79 Å². The van der Waals surface area contributed by atoms with Crippen LogP contribution in [0.2, 0.25) is 0 Å². The van der Waals surface area contributed by atoms with Crippen LogP contribution in [0.1, 0.15) is 18.7 Å². The molecule has 0 radical (unpaired) electrons. The van der Waals surface area contributed by atoms with E-state index in [-0.39, 0.29) is 23.0 Å². The van der Waals surface area contributed by atoms with Gasteiger partial charge in [0, 0.05) is 42.7 Å². The number of benzene rings is 1. The lowest BCUT2D eigenvalue weighted by Crippen LogP contribution is -2.43. The van der Waals surface area contributed by atoms with E-state index >= 15 is 0 Å². The van der Waals surface area contributed by atoms with Gasteiger partial charge in [0.2, 0.25) is 17.6 Å². The summed E-state index contributed by atoms with van der Waals surface area (Å²) in [6, 6.07) is 4.54. The summed E-state index contributed by atoms with van der Waals surface area (Å²) < 4.78 is 59.0. The molecule has 3 heterocycles. The predicted octanol–water partition coefficient (Wildman–Crippen LogP) is 3.42. The first-order valence-corrected chi connectivity index (χ1v) is 11.7. The van der Waals surface area contributed by atoms with Gasteiger partial charge in [-0.2, -0.15) is 9.29 Å². The van der Waals surface area contributed by atoms with E-state index in [2.05, 4.69) is 15.5 Å². The second kappa shape index (κ2) is 8.44. The van der Waals surface area contributed by atoms with Crippen molar-refractivity contribution in [1.29, 1.82) is 0 Å². The van der Waals surface area contributed by atoms with E-state index in [1.54, 1.807) is 12.3 Å². The number of sulfonamides is 1. The van der Waals surface area contributed by atoms with Crippen LogP contribution in [0, 0.1) is 24.5 Å². The molecule has 8 nitrogen and oxygen atoms in total. The van der Waals surface area contributed by atoms with E-state index in [0.29, 0.717) is 30.1 Å². The first-order valence-electron chi connectivity index (χ1n) is 9.39. The molecule has 1 saturated heterocycles. The summed E-state index contributed by atoms with van der Waals surface area (Å²) in [5, 5.41) is 7.95. The third kappa shape index (κ3) is 4.50. The largest absolute Gasteiger partial charge is 0.339 e. The zero-order valence-electron chi connectivity index (χ0n) is 16.3. The van der Waals surface area contributed by atoms with Gasteiger partial charge in [0.15, 0.2) is 11.6 Å². The number of nitrogens with zero attached hydrogens (tertiary/aromatic N) is 3. The molecule has 1 N–H and O–H groups in total. The maximum Gasteiger partial charge on any atom is 0.252 e. The number of rotatable bonds is 5. The molecule has 1 aliphatic heterocycles. The van der Waals surface area contributed by atoms with Gasteiger partial charge in [0.25, 0.3) is 10.0 Å². The van der Waals surface area contributed by atoms with E-state index in [4.69, 9.17) is 4.52 Å². The molecule has 1 fully saturated rings. The van der Waals surface area contributed by atoms with Crippen molar-refractivity contribution in [1.82, 2.24) is 14.4 Å². The highest BCUT2D eigenvalue weighted by Gasteiger charge is 2.34. The Morgan fingerprint density at radius 2 is 2.10 bits per heavy atom. The molecule has 0 aliphatic carbocycles. The number of piperidine rings is 1. The van der Waals surface area contributed by atoms with Crippen LogP contribution in [-0.2, 0) is 14.8 Å². The Morgan fingerprint density at radius 3 is 2.81 bits per heavy atom. The molecule has 3 aromatic rings. The maximum absolute atomic E-state index is 13.4. The fourth-order valence-corrected chi connectivity index (χ4v) is 6.14. The van der Waals surface area contributed by atoms with Crippen LogP contribution in [-0.4, -0.2) is 41.9 Å². The standard InChI is InChI=1S/C19H18F2N4O4S2/c1-11-22-18(24-29-11)13-7-17(30-10-13)31(27,28)25-6-2-3-12(9-25)19(26)23-14-4-5-15(20)16(21)8-14/h4-5,7-8,10,12H,2-3,6,9H2,1H3,(H,23,26)/t12-/m1/s1. The quantitative estimate of drug-likeness (QED) is 0.615. The summed E-state index contributed by atoms with van der Waals surface area (Å²) in [5.41, 5.74) is 0.646. The Labute approximate surface area is 180 Å². The van der Waals surface area contributed by atoms with Crippen molar-refractivity contribution in [3.63, 3.8) is 0 Å². The number of aromatic nitrogens is 2. The third-order valence-corrected chi connectivity index (χ3v) is 8.18. The van der Waals surface area contributed by atoms with Crippen LogP contribution < -0.4 is 5.32 Å². The van der Waals surface area contributed by atoms with E-state index in [1.165, 1.54) is 16.4 Å². The van der Waals surface area contributed by atoms with Gasteiger partial charge in [-0.05, 0) is 31.0 Å². The number of halogens is 2. The van der Waals surface area contributed by atoms with Gasteiger partial charge in [0.1, 0.15) is 4.21 Å². The number of carbonyl (C=O) groups is 1. The van der Waals surface area contributed by atoms with Gasteiger partial charge in [-0.1, -0.05) is 5.16 Å². The Morgan fingerprint density at radius 1 is 1.29 bits per heavy atom. The lowest BCUT2D eigenvalue weighted by Gasteiger charge is -2.30. The number of aryl methyl sites for hydroxylation is 1. The van der Waals surface area contributed by atoms with Crippen molar-refractivity contribution in [2.24, 2.45) is 5.92 Å². The minimum absolute atomic E-state index is 0.00754. The summed E-state index contributed by atoms with van der Waals surface area (Å²) in [6.07, 6.45) is 0.983. The molecule has 0 bridgehead atoms. The molecule has 0 spiro atoms. The fourth-order valence-electron chi connectivity index (χ4n) is 3.31. The van der Waals surface area contributed by atoms with E-state index in [0.717, 1.165) is 23.5 Å². The smallest absolute Gasteiger partial charge is 0.252 e. The summed E-state index contributed by atoms with van der Waals surface area (Å²) >= 11 is 1.04. The van der Waals surface area contributed by atoms with Gasteiger partial charge < -0.3 is 9.84 Å². The first kappa shape index (κ1) is 21.5. The summed E-state index contributed by atoms with van der Waals surface area (Å²) in [7, 11) is -3.82. The van der Waals surface area contributed by atoms with Crippen LogP contribution in [0.4, 0.5) is 14.5 Å². The number of thiophene rings is 1. The first-order chi connectivity index (χ1) is 14.7. The topological polar surface area (TPSA) is 105 Å². The lowest BCUT2D eigenvalue weighted by molar-refractivity contribution is -0.120. The van der Waals surface area contributed by atoms with Crippen molar-refractivity contribution in [2.45, 2.75) is 24.0 Å². The average Bonchev–Trinajstić information content (AvgIpc) is 3.40. The summed E-state index contributed by atoms with van der Waals surface area (Å²) in [5.74, 6) is -2.47. The second-order valence-electron chi connectivity index (χ2n) is 7.11. The molecule has 1 aromatic carbocycles. The molecule has 31 heavy (non-hydrogen) atoms. The monoisotopic (exact) mass is 468 g/mol. The zero-order valence-corrected chi connectivity index (χ0v) is 18.0. The average molecular weight is 469 g/mol. The minimum Gasteiger partial charge on any atom is -0.339 e. The molecule has 0 unspecified atom stereocenters. The van der Waals surface area contributed by atoms with Gasteiger partial charge >= 0.3 is 0 Å². The van der Waals surface area contributed by atoms with Gasteiger partial charge in [-0.25, -0.2) is 17.2 Å². The van der Waals surface area contributed by atoms with E-state index in [1.807, 2.05) is 0 Å². The lowest BCUT2D eigenvalue weighted by atomic mass is 9.98.